The Bertz CT molecular complexity index is 1180. The predicted molar refractivity (Wildman–Crippen MR) is 127 cm³/mol. The maximum absolute atomic E-state index is 13.3. The van der Waals surface area contributed by atoms with Crippen molar-refractivity contribution in [3.63, 3.8) is 0 Å². The van der Waals surface area contributed by atoms with Crippen LogP contribution in [0.5, 0.6) is 5.75 Å². The Kier molecular flexibility index (Phi) is 6.41. The number of hydrogen-bond acceptors (Lipinski definition) is 7. The lowest BCUT2D eigenvalue weighted by Crippen LogP contribution is -2.30. The van der Waals surface area contributed by atoms with E-state index in [0.717, 1.165) is 5.56 Å². The number of anilines is 1. The third-order valence-corrected chi connectivity index (χ3v) is 5.86. The van der Waals surface area contributed by atoms with Crippen LogP contribution in [0.4, 0.5) is 5.69 Å². The van der Waals surface area contributed by atoms with Crippen molar-refractivity contribution in [3.8, 4) is 5.75 Å². The minimum atomic E-state index is -0.199. The quantitative estimate of drug-likeness (QED) is 0.483. The molecule has 0 bridgehead atoms. The standard InChI is InChI=1S/C24H24N4O3S/c1-15(2)18-10-8-17(9-11-18)12-21-23(29)28(19-6-5-7-20(13-19)30-4)24(25-21)32-14-22-27-26-16(3)31-22/h5-13,15H,14H2,1-4H3/b21-12+. The maximum Gasteiger partial charge on any atom is 0.283 e. The molecule has 0 radical (unpaired) electrons. The van der Waals surface area contributed by atoms with Gasteiger partial charge in [-0.2, -0.15) is 0 Å². The number of amides is 1. The minimum Gasteiger partial charge on any atom is -0.497 e. The number of thioether (sulfide) groups is 1. The highest BCUT2D eigenvalue weighted by molar-refractivity contribution is 8.13. The van der Waals surface area contributed by atoms with Crippen molar-refractivity contribution in [1.82, 2.24) is 10.2 Å². The van der Waals surface area contributed by atoms with E-state index >= 15 is 0 Å². The number of rotatable bonds is 6. The molecule has 32 heavy (non-hydrogen) atoms. The van der Waals surface area contributed by atoms with E-state index in [-0.39, 0.29) is 5.91 Å². The normalized spacial score (nSPS) is 15.0. The van der Waals surface area contributed by atoms with Gasteiger partial charge in [-0.05, 0) is 35.3 Å². The lowest BCUT2D eigenvalue weighted by Gasteiger charge is -2.18. The molecule has 2 heterocycles. The van der Waals surface area contributed by atoms with Crippen LogP contribution in [0.3, 0.4) is 0 Å². The van der Waals surface area contributed by atoms with Gasteiger partial charge in [-0.25, -0.2) is 4.99 Å². The molecule has 1 aromatic heterocycles. The average Bonchev–Trinajstić information content (AvgIpc) is 3.35. The fourth-order valence-corrected chi connectivity index (χ4v) is 4.08. The summed E-state index contributed by atoms with van der Waals surface area (Å²) in [4.78, 5) is 19.6. The fourth-order valence-electron chi connectivity index (χ4n) is 3.23. The highest BCUT2D eigenvalue weighted by atomic mass is 32.2. The van der Waals surface area contributed by atoms with Crippen LogP contribution in [-0.4, -0.2) is 28.4 Å². The summed E-state index contributed by atoms with van der Waals surface area (Å²) in [5, 5.41) is 8.43. The molecular formula is C24H24N4O3S. The number of nitrogens with zero attached hydrogens (tertiary/aromatic N) is 4. The molecule has 0 atom stereocenters. The molecular weight excluding hydrogens is 424 g/mol. The van der Waals surface area contributed by atoms with Gasteiger partial charge in [-0.1, -0.05) is 55.9 Å². The highest BCUT2D eigenvalue weighted by Crippen LogP contribution is 2.32. The monoisotopic (exact) mass is 448 g/mol. The number of benzene rings is 2. The lowest BCUT2D eigenvalue weighted by molar-refractivity contribution is -0.113. The molecule has 1 aliphatic heterocycles. The molecule has 0 saturated carbocycles. The van der Waals surface area contributed by atoms with Gasteiger partial charge in [0.15, 0.2) is 5.17 Å². The van der Waals surface area contributed by atoms with Crippen LogP contribution in [0, 0.1) is 6.92 Å². The molecule has 164 valence electrons. The Morgan fingerprint density at radius 3 is 2.59 bits per heavy atom. The van der Waals surface area contributed by atoms with Crippen LogP contribution < -0.4 is 9.64 Å². The molecule has 4 rings (SSSR count). The van der Waals surface area contributed by atoms with Crippen molar-refractivity contribution in [2.24, 2.45) is 4.99 Å². The zero-order valence-corrected chi connectivity index (χ0v) is 19.2. The summed E-state index contributed by atoms with van der Waals surface area (Å²) in [5.41, 5.74) is 3.22. The van der Waals surface area contributed by atoms with Gasteiger partial charge < -0.3 is 9.15 Å². The summed E-state index contributed by atoms with van der Waals surface area (Å²) in [6.45, 7) is 6.04. The smallest absolute Gasteiger partial charge is 0.283 e. The number of carbonyl (C=O) groups is 1. The number of ether oxygens (including phenoxy) is 1. The summed E-state index contributed by atoms with van der Waals surface area (Å²) in [6.07, 6.45) is 1.81. The summed E-state index contributed by atoms with van der Waals surface area (Å²) in [5.74, 6) is 2.30. The second-order valence-corrected chi connectivity index (χ2v) is 8.53. The molecule has 0 aliphatic carbocycles. The molecule has 0 unspecified atom stereocenters. The van der Waals surface area contributed by atoms with Gasteiger partial charge in [-0.15, -0.1) is 10.2 Å². The number of hydrogen-bond donors (Lipinski definition) is 0. The van der Waals surface area contributed by atoms with Crippen LogP contribution >= 0.6 is 11.8 Å². The third-order valence-electron chi connectivity index (χ3n) is 4.94. The Morgan fingerprint density at radius 2 is 1.94 bits per heavy atom. The van der Waals surface area contributed by atoms with Crippen LogP contribution in [0.15, 0.2) is 63.6 Å². The van der Waals surface area contributed by atoms with Crippen molar-refractivity contribution in [2.45, 2.75) is 32.4 Å². The van der Waals surface area contributed by atoms with E-state index in [9.17, 15) is 4.79 Å². The number of amidine groups is 1. The fraction of sp³-hybridized carbons (Fsp3) is 0.250. The maximum atomic E-state index is 13.3. The second kappa shape index (κ2) is 9.40. The summed E-state index contributed by atoms with van der Waals surface area (Å²) >= 11 is 1.37. The topological polar surface area (TPSA) is 80.8 Å². The second-order valence-electron chi connectivity index (χ2n) is 7.59. The van der Waals surface area contributed by atoms with Crippen LogP contribution in [-0.2, 0) is 10.5 Å². The molecule has 8 heteroatoms. The van der Waals surface area contributed by atoms with Crippen molar-refractivity contribution in [2.75, 3.05) is 12.0 Å². The first-order valence-corrected chi connectivity index (χ1v) is 11.2. The van der Waals surface area contributed by atoms with Gasteiger partial charge in [-0.3, -0.25) is 9.69 Å². The number of aromatic nitrogens is 2. The number of carbonyl (C=O) groups excluding carboxylic acids is 1. The Morgan fingerprint density at radius 1 is 1.16 bits per heavy atom. The SMILES string of the molecule is COc1cccc(N2C(=O)/C(=C\c3ccc(C(C)C)cc3)N=C2SCc2nnc(C)o2)c1. The van der Waals surface area contributed by atoms with Crippen LogP contribution in [0.2, 0.25) is 0 Å². The Balaban J connectivity index is 1.66. The van der Waals surface area contributed by atoms with Crippen molar-refractivity contribution >= 4 is 34.6 Å². The Labute approximate surface area is 191 Å². The predicted octanol–water partition coefficient (Wildman–Crippen LogP) is 5.19. The number of aryl methyl sites for hydroxylation is 1. The number of aliphatic imine (C=N–C) groups is 1. The van der Waals surface area contributed by atoms with Crippen molar-refractivity contribution < 1.29 is 13.9 Å². The van der Waals surface area contributed by atoms with E-state index in [1.165, 1.54) is 17.3 Å². The zero-order chi connectivity index (χ0) is 22.7. The van der Waals surface area contributed by atoms with E-state index in [1.807, 2.05) is 42.5 Å². The molecule has 7 nitrogen and oxygen atoms in total. The van der Waals surface area contributed by atoms with Gasteiger partial charge in [0.05, 0.1) is 18.6 Å². The largest absolute Gasteiger partial charge is 0.497 e. The van der Waals surface area contributed by atoms with E-state index in [2.05, 4.69) is 41.2 Å². The van der Waals surface area contributed by atoms with Crippen LogP contribution in [0.25, 0.3) is 6.08 Å². The molecule has 2 aromatic carbocycles. The lowest BCUT2D eigenvalue weighted by atomic mass is 10.0. The van der Waals surface area contributed by atoms with Gasteiger partial charge in [0.25, 0.3) is 5.91 Å². The first-order chi connectivity index (χ1) is 15.4. The first-order valence-electron chi connectivity index (χ1n) is 10.2. The van der Waals surface area contributed by atoms with E-state index in [1.54, 1.807) is 18.9 Å². The van der Waals surface area contributed by atoms with E-state index < -0.39 is 0 Å². The van der Waals surface area contributed by atoms with Gasteiger partial charge in [0.2, 0.25) is 11.8 Å². The van der Waals surface area contributed by atoms with E-state index in [4.69, 9.17) is 9.15 Å². The first kappa shape index (κ1) is 21.8. The molecule has 0 saturated heterocycles. The number of methoxy groups -OCH3 is 1. The third kappa shape index (κ3) is 4.75. The van der Waals surface area contributed by atoms with Crippen molar-refractivity contribution in [3.05, 3.63) is 77.1 Å². The molecule has 0 N–H and O–H groups in total. The van der Waals surface area contributed by atoms with Gasteiger partial charge in [0.1, 0.15) is 11.4 Å². The molecule has 0 spiro atoms. The highest BCUT2D eigenvalue weighted by Gasteiger charge is 2.32. The van der Waals surface area contributed by atoms with E-state index in [0.29, 0.717) is 45.8 Å². The molecule has 3 aromatic rings. The molecule has 1 aliphatic rings. The average molecular weight is 449 g/mol. The van der Waals surface area contributed by atoms with Gasteiger partial charge in [0, 0.05) is 13.0 Å². The minimum absolute atomic E-state index is 0.199. The van der Waals surface area contributed by atoms with Crippen LogP contribution in [0.1, 0.15) is 42.7 Å². The summed E-state index contributed by atoms with van der Waals surface area (Å²) < 4.78 is 10.8. The summed E-state index contributed by atoms with van der Waals surface area (Å²) in [6, 6.07) is 15.5. The molecule has 1 amide bonds. The van der Waals surface area contributed by atoms with Gasteiger partial charge >= 0.3 is 0 Å². The zero-order valence-electron chi connectivity index (χ0n) is 18.4. The van der Waals surface area contributed by atoms with Crippen molar-refractivity contribution in [1.29, 1.82) is 0 Å². The summed E-state index contributed by atoms with van der Waals surface area (Å²) in [7, 11) is 1.60. The molecule has 0 fully saturated rings. The Hall–Kier alpha value is -3.39.